The van der Waals surface area contributed by atoms with Gasteiger partial charge in [-0.25, -0.2) is 0 Å². The lowest BCUT2D eigenvalue weighted by Crippen LogP contribution is -2.44. The molecule has 2 atom stereocenters. The third-order valence-electron chi connectivity index (χ3n) is 2.77. The maximum atomic E-state index is 5.20. The van der Waals surface area contributed by atoms with Gasteiger partial charge in [-0.3, -0.25) is 4.90 Å². The third-order valence-corrected chi connectivity index (χ3v) is 3.49. The van der Waals surface area contributed by atoms with Crippen LogP contribution in [0.5, 0.6) is 0 Å². The summed E-state index contributed by atoms with van der Waals surface area (Å²) in [7, 11) is 2.20. The van der Waals surface area contributed by atoms with Crippen LogP contribution in [0.3, 0.4) is 0 Å². The Morgan fingerprint density at radius 1 is 1.53 bits per heavy atom. The van der Waals surface area contributed by atoms with Crippen molar-refractivity contribution < 1.29 is 0 Å². The number of rotatable bonds is 8. The van der Waals surface area contributed by atoms with Gasteiger partial charge in [-0.05, 0) is 26.6 Å². The van der Waals surface area contributed by atoms with Crippen LogP contribution in [0.1, 0.15) is 20.3 Å². The van der Waals surface area contributed by atoms with E-state index in [9.17, 15) is 0 Å². The van der Waals surface area contributed by atoms with Gasteiger partial charge in [-0.2, -0.15) is 11.8 Å². The third kappa shape index (κ3) is 6.09. The molecule has 0 fully saturated rings. The van der Waals surface area contributed by atoms with Gasteiger partial charge in [-0.15, -0.1) is 6.42 Å². The molecule has 1 N–H and O–H groups in total. The minimum Gasteiger partial charge on any atom is -0.305 e. The predicted molar refractivity (Wildman–Crippen MR) is 71.4 cm³/mol. The van der Waals surface area contributed by atoms with Gasteiger partial charge in [-0.1, -0.05) is 12.8 Å². The van der Waals surface area contributed by atoms with Crippen LogP contribution in [0.2, 0.25) is 0 Å². The van der Waals surface area contributed by atoms with Gasteiger partial charge in [0, 0.05) is 24.4 Å². The number of thioether (sulfide) groups is 1. The van der Waals surface area contributed by atoms with Crippen LogP contribution < -0.4 is 5.32 Å². The summed E-state index contributed by atoms with van der Waals surface area (Å²) >= 11 is 1.91. The second kappa shape index (κ2) is 9.08. The Kier molecular flexibility index (Phi) is 8.98. The van der Waals surface area contributed by atoms with E-state index in [4.69, 9.17) is 6.42 Å². The van der Waals surface area contributed by atoms with Gasteiger partial charge in [0.1, 0.15) is 0 Å². The Bertz CT molecular complexity index is 189. The van der Waals surface area contributed by atoms with Crippen LogP contribution in [0.15, 0.2) is 0 Å². The first-order chi connectivity index (χ1) is 7.17. The lowest BCUT2D eigenvalue weighted by molar-refractivity contribution is 0.192. The smallest absolute Gasteiger partial charge is 0.0574 e. The number of nitrogens with zero attached hydrogens (tertiary/aromatic N) is 1. The average molecular weight is 228 g/mol. The van der Waals surface area contributed by atoms with E-state index < -0.39 is 0 Å². The Morgan fingerprint density at radius 3 is 2.67 bits per heavy atom. The van der Waals surface area contributed by atoms with Gasteiger partial charge < -0.3 is 5.32 Å². The number of terminal acetylenes is 1. The van der Waals surface area contributed by atoms with Crippen molar-refractivity contribution in [2.75, 3.05) is 32.1 Å². The van der Waals surface area contributed by atoms with Crippen molar-refractivity contribution in [3.05, 3.63) is 0 Å². The topological polar surface area (TPSA) is 15.3 Å². The highest BCUT2D eigenvalue weighted by atomic mass is 32.2. The molecule has 0 aliphatic carbocycles. The molecule has 0 aromatic carbocycles. The molecular formula is C12H24N2S. The van der Waals surface area contributed by atoms with E-state index in [0.717, 1.165) is 6.54 Å². The van der Waals surface area contributed by atoms with Gasteiger partial charge in [0.2, 0.25) is 0 Å². The molecule has 0 amide bonds. The molecule has 15 heavy (non-hydrogen) atoms. The second-order valence-electron chi connectivity index (χ2n) is 3.87. The van der Waals surface area contributed by atoms with Crippen LogP contribution in [-0.4, -0.2) is 49.1 Å². The van der Waals surface area contributed by atoms with Crippen molar-refractivity contribution in [3.63, 3.8) is 0 Å². The molecule has 0 saturated heterocycles. The number of nitrogens with one attached hydrogen (secondary N) is 1. The zero-order valence-corrected chi connectivity index (χ0v) is 11.2. The van der Waals surface area contributed by atoms with Crippen molar-refractivity contribution in [2.45, 2.75) is 32.4 Å². The highest BCUT2D eigenvalue weighted by molar-refractivity contribution is 7.98. The summed E-state index contributed by atoms with van der Waals surface area (Å²) in [5.41, 5.74) is 0. The molecule has 0 spiro atoms. The average Bonchev–Trinajstić information content (AvgIpc) is 2.25. The molecule has 0 aromatic heterocycles. The van der Waals surface area contributed by atoms with E-state index in [-0.39, 0.29) is 0 Å². The molecule has 88 valence electrons. The zero-order chi connectivity index (χ0) is 11.7. The Hall–Kier alpha value is -0.170. The van der Waals surface area contributed by atoms with Gasteiger partial charge in [0.15, 0.2) is 0 Å². The largest absolute Gasteiger partial charge is 0.305 e. The first-order valence-corrected chi connectivity index (χ1v) is 6.91. The molecule has 0 aliphatic heterocycles. The van der Waals surface area contributed by atoms with Gasteiger partial charge in [0.05, 0.1) is 6.54 Å². The predicted octanol–water partition coefficient (Wildman–Crippen LogP) is 1.67. The molecule has 0 rings (SSSR count). The van der Waals surface area contributed by atoms with E-state index in [1.165, 1.54) is 12.2 Å². The number of likely N-dealkylation sites (N-methyl/N-ethyl adjacent to an activating group) is 1. The van der Waals surface area contributed by atoms with Crippen molar-refractivity contribution in [3.8, 4) is 12.3 Å². The summed E-state index contributed by atoms with van der Waals surface area (Å²) in [6, 6.07) is 1.21. The van der Waals surface area contributed by atoms with Crippen molar-refractivity contribution in [2.24, 2.45) is 0 Å². The van der Waals surface area contributed by atoms with Crippen molar-refractivity contribution >= 4 is 11.8 Å². The molecule has 2 unspecified atom stereocenters. The van der Waals surface area contributed by atoms with Crippen LogP contribution in [0, 0.1) is 12.3 Å². The van der Waals surface area contributed by atoms with Gasteiger partial charge >= 0.3 is 0 Å². The first kappa shape index (κ1) is 14.8. The summed E-state index contributed by atoms with van der Waals surface area (Å²) < 4.78 is 0. The standard InChI is InChI=1S/C12H24N2S/c1-6-8-13-9-11(3)14(4)12(7-2)10-15-5/h1,11-13H,7-10H2,2-5H3. The SMILES string of the molecule is C#CCNCC(C)N(C)C(CC)CSC. The van der Waals surface area contributed by atoms with Crippen LogP contribution >= 0.6 is 11.8 Å². The minimum absolute atomic E-state index is 0.537. The molecule has 2 nitrogen and oxygen atoms in total. The number of hydrogen-bond donors (Lipinski definition) is 1. The quantitative estimate of drug-likeness (QED) is 0.502. The fraction of sp³-hybridized carbons (Fsp3) is 0.833. The van der Waals surface area contributed by atoms with E-state index in [1.807, 2.05) is 11.8 Å². The normalized spacial score (nSPS) is 14.9. The highest BCUT2D eigenvalue weighted by Gasteiger charge is 2.17. The summed E-state index contributed by atoms with van der Waals surface area (Å²) in [5.74, 6) is 3.80. The maximum Gasteiger partial charge on any atom is 0.0574 e. The monoisotopic (exact) mass is 228 g/mol. The molecule has 0 aliphatic rings. The first-order valence-electron chi connectivity index (χ1n) is 5.52. The molecule has 0 heterocycles. The lowest BCUT2D eigenvalue weighted by atomic mass is 10.2. The summed E-state index contributed by atoms with van der Waals surface area (Å²) in [4.78, 5) is 2.44. The molecular weight excluding hydrogens is 204 g/mol. The van der Waals surface area contributed by atoms with E-state index >= 15 is 0 Å². The fourth-order valence-corrected chi connectivity index (χ4v) is 2.43. The zero-order valence-electron chi connectivity index (χ0n) is 10.4. The summed E-state index contributed by atoms with van der Waals surface area (Å²) in [6.45, 7) is 6.12. The summed E-state index contributed by atoms with van der Waals surface area (Å²) in [5, 5.41) is 3.25. The second-order valence-corrected chi connectivity index (χ2v) is 4.78. The van der Waals surface area contributed by atoms with Crippen molar-refractivity contribution in [1.82, 2.24) is 10.2 Å². The summed E-state index contributed by atoms with van der Waals surface area (Å²) in [6.07, 6.45) is 8.56. The fourth-order valence-electron chi connectivity index (χ4n) is 1.57. The maximum absolute atomic E-state index is 5.20. The van der Waals surface area contributed by atoms with Gasteiger partial charge in [0.25, 0.3) is 0 Å². The van der Waals surface area contributed by atoms with Crippen LogP contribution in [0.25, 0.3) is 0 Å². The van der Waals surface area contributed by atoms with E-state index in [2.05, 4.69) is 43.3 Å². The molecule has 0 radical (unpaired) electrons. The number of hydrogen-bond acceptors (Lipinski definition) is 3. The molecule has 0 saturated carbocycles. The van der Waals surface area contributed by atoms with Crippen LogP contribution in [-0.2, 0) is 0 Å². The van der Waals surface area contributed by atoms with E-state index in [0.29, 0.717) is 18.6 Å². The molecule has 3 heteroatoms. The Labute approximate surface area is 99.2 Å². The minimum atomic E-state index is 0.537. The van der Waals surface area contributed by atoms with Crippen LogP contribution in [0.4, 0.5) is 0 Å². The lowest BCUT2D eigenvalue weighted by Gasteiger charge is -2.32. The van der Waals surface area contributed by atoms with Crippen molar-refractivity contribution in [1.29, 1.82) is 0 Å². The highest BCUT2D eigenvalue weighted by Crippen LogP contribution is 2.10. The Balaban J connectivity index is 3.93. The molecule has 0 aromatic rings. The molecule has 0 bridgehead atoms. The Morgan fingerprint density at radius 2 is 2.20 bits per heavy atom. The van der Waals surface area contributed by atoms with E-state index in [1.54, 1.807) is 0 Å².